The van der Waals surface area contributed by atoms with Crippen LogP contribution < -0.4 is 10.6 Å². The number of anilines is 1. The molecule has 14 heavy (non-hydrogen) atoms. The summed E-state index contributed by atoms with van der Waals surface area (Å²) < 4.78 is 0. The van der Waals surface area contributed by atoms with Crippen molar-refractivity contribution in [1.82, 2.24) is 4.98 Å². The van der Waals surface area contributed by atoms with Gasteiger partial charge in [-0.25, -0.2) is 4.98 Å². The maximum atomic E-state index is 5.67. The molecule has 0 aliphatic rings. The van der Waals surface area contributed by atoms with Crippen molar-refractivity contribution in [3.8, 4) is 0 Å². The summed E-state index contributed by atoms with van der Waals surface area (Å²) in [5.41, 5.74) is 6.83. The number of hydrogen-bond acceptors (Lipinski definition) is 4. The average Bonchev–Trinajstić information content (AvgIpc) is 2.61. The van der Waals surface area contributed by atoms with Gasteiger partial charge in [0.2, 0.25) is 0 Å². The fraction of sp³-hybridized carbons (Fsp3) is 0.700. The molecule has 2 N–H and O–H groups in total. The van der Waals surface area contributed by atoms with E-state index in [0.717, 1.165) is 30.2 Å². The first-order chi connectivity index (χ1) is 6.72. The van der Waals surface area contributed by atoms with Gasteiger partial charge in [0.25, 0.3) is 0 Å². The number of nitrogens with two attached hydrogens (primary N) is 1. The van der Waals surface area contributed by atoms with E-state index in [1.807, 2.05) is 0 Å². The molecule has 1 rings (SSSR count). The molecule has 0 aromatic carbocycles. The molecule has 0 saturated carbocycles. The van der Waals surface area contributed by atoms with Crippen LogP contribution in [0.3, 0.4) is 0 Å². The third kappa shape index (κ3) is 2.45. The fourth-order valence-corrected chi connectivity index (χ4v) is 2.41. The van der Waals surface area contributed by atoms with Crippen LogP contribution in [0.25, 0.3) is 0 Å². The molecule has 1 heterocycles. The Hall–Kier alpha value is -0.610. The van der Waals surface area contributed by atoms with Crippen molar-refractivity contribution >= 4 is 16.5 Å². The van der Waals surface area contributed by atoms with Gasteiger partial charge in [0.1, 0.15) is 0 Å². The Balaban J connectivity index is 2.83. The van der Waals surface area contributed by atoms with Crippen LogP contribution in [0.1, 0.15) is 30.8 Å². The molecular weight excluding hydrogens is 194 g/mol. The minimum absolute atomic E-state index is 0.612. The zero-order chi connectivity index (χ0) is 10.6. The third-order valence-electron chi connectivity index (χ3n) is 2.17. The predicted octanol–water partition coefficient (Wildman–Crippen LogP) is 2.01. The molecular formula is C10H19N3S. The first kappa shape index (κ1) is 11.5. The minimum Gasteiger partial charge on any atom is -0.351 e. The second-order valence-corrected chi connectivity index (χ2v) is 4.41. The molecule has 0 atom stereocenters. The van der Waals surface area contributed by atoms with Crippen molar-refractivity contribution in [3.63, 3.8) is 0 Å². The Labute approximate surface area is 89.9 Å². The van der Waals surface area contributed by atoms with E-state index >= 15 is 0 Å². The monoisotopic (exact) mass is 213 g/mol. The van der Waals surface area contributed by atoms with Crippen LogP contribution in [-0.4, -0.2) is 18.6 Å². The molecule has 0 aliphatic heterocycles. The number of aryl methyl sites for hydroxylation is 1. The smallest absolute Gasteiger partial charge is 0.185 e. The Bertz CT molecular complexity index is 261. The molecule has 0 fully saturated rings. The second-order valence-electron chi connectivity index (χ2n) is 3.35. The molecule has 80 valence electrons. The minimum atomic E-state index is 0.612. The van der Waals surface area contributed by atoms with Crippen molar-refractivity contribution in [2.24, 2.45) is 5.73 Å². The highest BCUT2D eigenvalue weighted by atomic mass is 32.1. The standard InChI is InChI=1S/C10H19N3S/c1-4-6-13(3)10-12-8(5-2)9(7-11)14-10/h4-7,11H2,1-3H3. The Morgan fingerprint density at radius 2 is 2.14 bits per heavy atom. The second kappa shape index (κ2) is 5.32. The van der Waals surface area contributed by atoms with Crippen LogP contribution >= 0.6 is 11.3 Å². The van der Waals surface area contributed by atoms with Gasteiger partial charge in [-0.3, -0.25) is 0 Å². The van der Waals surface area contributed by atoms with Crippen LogP contribution in [0, 0.1) is 0 Å². The molecule has 1 aromatic rings. The molecule has 0 amide bonds. The van der Waals surface area contributed by atoms with Crippen LogP contribution in [0.15, 0.2) is 0 Å². The lowest BCUT2D eigenvalue weighted by molar-refractivity contribution is 0.842. The van der Waals surface area contributed by atoms with Crippen LogP contribution in [0.5, 0.6) is 0 Å². The highest BCUT2D eigenvalue weighted by Crippen LogP contribution is 2.25. The van der Waals surface area contributed by atoms with Gasteiger partial charge >= 0.3 is 0 Å². The van der Waals surface area contributed by atoms with E-state index in [2.05, 4.69) is 30.8 Å². The van der Waals surface area contributed by atoms with Crippen LogP contribution in [0.4, 0.5) is 5.13 Å². The normalized spacial score (nSPS) is 10.6. The van der Waals surface area contributed by atoms with Gasteiger partial charge in [0.05, 0.1) is 5.69 Å². The van der Waals surface area contributed by atoms with E-state index in [1.54, 1.807) is 11.3 Å². The summed E-state index contributed by atoms with van der Waals surface area (Å²) in [4.78, 5) is 8.01. The van der Waals surface area contributed by atoms with Crippen molar-refractivity contribution in [1.29, 1.82) is 0 Å². The van der Waals surface area contributed by atoms with E-state index in [1.165, 1.54) is 4.88 Å². The molecule has 4 heteroatoms. The number of rotatable bonds is 5. The van der Waals surface area contributed by atoms with E-state index in [4.69, 9.17) is 5.73 Å². The number of nitrogens with zero attached hydrogens (tertiary/aromatic N) is 2. The number of thiazole rings is 1. The van der Waals surface area contributed by atoms with E-state index in [-0.39, 0.29) is 0 Å². The topological polar surface area (TPSA) is 42.2 Å². The number of hydrogen-bond donors (Lipinski definition) is 1. The summed E-state index contributed by atoms with van der Waals surface area (Å²) in [6.45, 7) is 5.97. The first-order valence-electron chi connectivity index (χ1n) is 5.12. The third-order valence-corrected chi connectivity index (χ3v) is 3.41. The molecule has 3 nitrogen and oxygen atoms in total. The van der Waals surface area contributed by atoms with E-state index in [9.17, 15) is 0 Å². The van der Waals surface area contributed by atoms with Gasteiger partial charge in [-0.1, -0.05) is 13.8 Å². The Morgan fingerprint density at radius 3 is 2.57 bits per heavy atom. The van der Waals surface area contributed by atoms with Crippen molar-refractivity contribution in [3.05, 3.63) is 10.6 Å². The van der Waals surface area contributed by atoms with E-state index in [0.29, 0.717) is 6.54 Å². The fourth-order valence-electron chi connectivity index (χ4n) is 1.40. The largest absolute Gasteiger partial charge is 0.351 e. The molecule has 0 radical (unpaired) electrons. The maximum Gasteiger partial charge on any atom is 0.185 e. The molecule has 1 aromatic heterocycles. The highest BCUT2D eigenvalue weighted by molar-refractivity contribution is 7.15. The van der Waals surface area contributed by atoms with Gasteiger partial charge in [-0.05, 0) is 12.8 Å². The van der Waals surface area contributed by atoms with Gasteiger partial charge in [-0.2, -0.15) is 0 Å². The predicted molar refractivity (Wildman–Crippen MR) is 62.9 cm³/mol. The van der Waals surface area contributed by atoms with Crippen molar-refractivity contribution in [2.45, 2.75) is 33.2 Å². The van der Waals surface area contributed by atoms with E-state index < -0.39 is 0 Å². The summed E-state index contributed by atoms with van der Waals surface area (Å²) in [7, 11) is 2.09. The zero-order valence-corrected chi connectivity index (χ0v) is 10.0. The summed E-state index contributed by atoms with van der Waals surface area (Å²) in [5.74, 6) is 0. The summed E-state index contributed by atoms with van der Waals surface area (Å²) in [6, 6.07) is 0. The molecule has 0 unspecified atom stereocenters. The number of aromatic nitrogens is 1. The maximum absolute atomic E-state index is 5.67. The average molecular weight is 213 g/mol. The quantitative estimate of drug-likeness (QED) is 0.813. The van der Waals surface area contributed by atoms with Gasteiger partial charge in [0, 0.05) is 25.0 Å². The zero-order valence-electron chi connectivity index (χ0n) is 9.21. The highest BCUT2D eigenvalue weighted by Gasteiger charge is 2.10. The van der Waals surface area contributed by atoms with Gasteiger partial charge in [-0.15, -0.1) is 11.3 Å². The van der Waals surface area contributed by atoms with Crippen molar-refractivity contribution < 1.29 is 0 Å². The van der Waals surface area contributed by atoms with Crippen molar-refractivity contribution in [2.75, 3.05) is 18.5 Å². The first-order valence-corrected chi connectivity index (χ1v) is 5.94. The molecule has 0 saturated heterocycles. The Kier molecular flexibility index (Phi) is 4.35. The van der Waals surface area contributed by atoms with Gasteiger partial charge < -0.3 is 10.6 Å². The SMILES string of the molecule is CCCN(C)c1nc(CC)c(CN)s1. The molecule has 0 spiro atoms. The molecule has 0 bridgehead atoms. The lowest BCUT2D eigenvalue weighted by Crippen LogP contribution is -2.17. The lowest BCUT2D eigenvalue weighted by atomic mass is 10.3. The van der Waals surface area contributed by atoms with Crippen LogP contribution in [0.2, 0.25) is 0 Å². The summed E-state index contributed by atoms with van der Waals surface area (Å²) in [5, 5.41) is 1.10. The molecule has 0 aliphatic carbocycles. The van der Waals surface area contributed by atoms with Crippen LogP contribution in [-0.2, 0) is 13.0 Å². The lowest BCUT2D eigenvalue weighted by Gasteiger charge is -2.13. The summed E-state index contributed by atoms with van der Waals surface area (Å²) in [6.07, 6.45) is 2.12. The Morgan fingerprint density at radius 1 is 1.43 bits per heavy atom. The summed E-state index contributed by atoms with van der Waals surface area (Å²) >= 11 is 1.72. The van der Waals surface area contributed by atoms with Gasteiger partial charge in [0.15, 0.2) is 5.13 Å².